The van der Waals surface area contributed by atoms with Crippen LogP contribution in [0, 0.1) is 0 Å². The Balaban J connectivity index is 2.17. The number of benzene rings is 2. The van der Waals surface area contributed by atoms with Crippen molar-refractivity contribution in [2.45, 2.75) is 0 Å². The van der Waals surface area contributed by atoms with Gasteiger partial charge in [-0.1, -0.05) is 22.0 Å². The van der Waals surface area contributed by atoms with Gasteiger partial charge in [-0.3, -0.25) is 4.79 Å². The summed E-state index contributed by atoms with van der Waals surface area (Å²) in [4.78, 5) is 12.0. The molecule has 24 heavy (non-hydrogen) atoms. The zero-order valence-corrected chi connectivity index (χ0v) is 15.1. The maximum absolute atomic E-state index is 12.0. The van der Waals surface area contributed by atoms with Gasteiger partial charge in [-0.15, -0.1) is 0 Å². The number of carbonyl (C=O) groups excluding carboxylic acids is 1. The molecule has 126 valence electrons. The van der Waals surface area contributed by atoms with Gasteiger partial charge in [-0.25, -0.2) is 5.43 Å². The molecule has 0 aliphatic rings. The van der Waals surface area contributed by atoms with E-state index in [0.29, 0.717) is 28.4 Å². The standard InChI is InChI=1S/C17H17BrN2O4/c1-22-14-9-16(24-3)15(23-2)8-12(14)10-19-20-17(21)11-5-4-6-13(18)7-11/h4-10H,1-3H3,(H,20,21)/b19-10-. The highest BCUT2D eigenvalue weighted by molar-refractivity contribution is 9.10. The van der Waals surface area contributed by atoms with Crippen molar-refractivity contribution in [3.8, 4) is 17.2 Å². The number of hydrogen-bond acceptors (Lipinski definition) is 5. The van der Waals surface area contributed by atoms with Gasteiger partial charge in [0.25, 0.3) is 5.91 Å². The lowest BCUT2D eigenvalue weighted by Gasteiger charge is -2.11. The average Bonchev–Trinajstić information content (AvgIpc) is 2.61. The molecule has 0 aliphatic carbocycles. The van der Waals surface area contributed by atoms with Gasteiger partial charge in [0.15, 0.2) is 11.5 Å². The van der Waals surface area contributed by atoms with Crippen LogP contribution in [-0.4, -0.2) is 33.5 Å². The van der Waals surface area contributed by atoms with Crippen molar-refractivity contribution in [1.29, 1.82) is 0 Å². The number of amides is 1. The van der Waals surface area contributed by atoms with E-state index < -0.39 is 0 Å². The van der Waals surface area contributed by atoms with Gasteiger partial charge in [-0.05, 0) is 24.3 Å². The predicted octanol–water partition coefficient (Wildman–Crippen LogP) is 3.24. The van der Waals surface area contributed by atoms with E-state index in [1.54, 1.807) is 51.7 Å². The first-order valence-electron chi connectivity index (χ1n) is 6.98. The van der Waals surface area contributed by atoms with Crippen LogP contribution in [0.1, 0.15) is 15.9 Å². The fourth-order valence-electron chi connectivity index (χ4n) is 2.01. The summed E-state index contributed by atoms with van der Waals surface area (Å²) in [6.07, 6.45) is 1.48. The van der Waals surface area contributed by atoms with Crippen molar-refractivity contribution in [3.63, 3.8) is 0 Å². The van der Waals surface area contributed by atoms with Crippen molar-refractivity contribution in [1.82, 2.24) is 5.43 Å². The van der Waals surface area contributed by atoms with Gasteiger partial charge in [0.2, 0.25) is 0 Å². The summed E-state index contributed by atoms with van der Waals surface area (Å²) in [7, 11) is 4.63. The minimum Gasteiger partial charge on any atom is -0.496 e. The van der Waals surface area contributed by atoms with Gasteiger partial charge in [0, 0.05) is 21.7 Å². The largest absolute Gasteiger partial charge is 0.496 e. The summed E-state index contributed by atoms with van der Waals surface area (Å²) in [6.45, 7) is 0. The highest BCUT2D eigenvalue weighted by Gasteiger charge is 2.10. The SMILES string of the molecule is COc1cc(OC)c(OC)cc1/C=N\NC(=O)c1cccc(Br)c1. The number of methoxy groups -OCH3 is 3. The molecule has 0 aliphatic heterocycles. The molecule has 0 heterocycles. The molecule has 6 nitrogen and oxygen atoms in total. The van der Waals surface area contributed by atoms with Crippen LogP contribution in [-0.2, 0) is 0 Å². The molecule has 0 saturated heterocycles. The van der Waals surface area contributed by atoms with Gasteiger partial charge < -0.3 is 14.2 Å². The number of carbonyl (C=O) groups is 1. The molecular formula is C17H17BrN2O4. The lowest BCUT2D eigenvalue weighted by atomic mass is 10.2. The highest BCUT2D eigenvalue weighted by Crippen LogP contribution is 2.33. The van der Waals surface area contributed by atoms with E-state index in [1.165, 1.54) is 6.21 Å². The zero-order chi connectivity index (χ0) is 17.5. The predicted molar refractivity (Wildman–Crippen MR) is 95.3 cm³/mol. The number of nitrogens with one attached hydrogen (secondary N) is 1. The van der Waals surface area contributed by atoms with Gasteiger partial charge >= 0.3 is 0 Å². The molecule has 0 radical (unpaired) electrons. The Hall–Kier alpha value is -2.54. The summed E-state index contributed by atoms with van der Waals surface area (Å²) >= 11 is 3.32. The van der Waals surface area contributed by atoms with Crippen LogP contribution >= 0.6 is 15.9 Å². The lowest BCUT2D eigenvalue weighted by molar-refractivity contribution is 0.0955. The van der Waals surface area contributed by atoms with E-state index in [-0.39, 0.29) is 5.91 Å². The summed E-state index contributed by atoms with van der Waals surface area (Å²) < 4.78 is 16.6. The second kappa shape index (κ2) is 8.35. The van der Waals surface area contributed by atoms with Crippen LogP contribution in [0.3, 0.4) is 0 Å². The van der Waals surface area contributed by atoms with Gasteiger partial charge in [0.1, 0.15) is 5.75 Å². The molecule has 0 bridgehead atoms. The van der Waals surface area contributed by atoms with Crippen LogP contribution in [0.2, 0.25) is 0 Å². The minimum atomic E-state index is -0.313. The third-order valence-corrected chi connectivity index (χ3v) is 3.69. The van der Waals surface area contributed by atoms with Crippen molar-refractivity contribution >= 4 is 28.1 Å². The maximum atomic E-state index is 12.0. The first-order valence-corrected chi connectivity index (χ1v) is 7.77. The first kappa shape index (κ1) is 17.8. The molecule has 0 atom stereocenters. The molecule has 1 N–H and O–H groups in total. The number of nitrogens with zero attached hydrogens (tertiary/aromatic N) is 1. The van der Waals surface area contributed by atoms with E-state index in [1.807, 2.05) is 6.07 Å². The van der Waals surface area contributed by atoms with E-state index in [9.17, 15) is 4.79 Å². The van der Waals surface area contributed by atoms with Crippen molar-refractivity contribution in [2.75, 3.05) is 21.3 Å². The number of hydrazone groups is 1. The topological polar surface area (TPSA) is 69.2 Å². The molecule has 1 amide bonds. The third kappa shape index (κ3) is 4.26. The second-order valence-electron chi connectivity index (χ2n) is 4.66. The zero-order valence-electron chi connectivity index (χ0n) is 13.5. The maximum Gasteiger partial charge on any atom is 0.271 e. The Bertz CT molecular complexity index is 762. The van der Waals surface area contributed by atoms with E-state index in [0.717, 1.165) is 4.47 Å². The number of hydrogen-bond donors (Lipinski definition) is 1. The third-order valence-electron chi connectivity index (χ3n) is 3.19. The lowest BCUT2D eigenvalue weighted by Crippen LogP contribution is -2.17. The van der Waals surface area contributed by atoms with E-state index in [2.05, 4.69) is 26.5 Å². The van der Waals surface area contributed by atoms with Crippen molar-refractivity contribution in [3.05, 3.63) is 52.0 Å². The molecule has 0 unspecified atom stereocenters. The fraction of sp³-hybridized carbons (Fsp3) is 0.176. The monoisotopic (exact) mass is 392 g/mol. The van der Waals surface area contributed by atoms with Gasteiger partial charge in [0.05, 0.1) is 27.5 Å². The molecular weight excluding hydrogens is 376 g/mol. The number of halogens is 1. The Morgan fingerprint density at radius 3 is 2.33 bits per heavy atom. The smallest absolute Gasteiger partial charge is 0.271 e. The van der Waals surface area contributed by atoms with Gasteiger partial charge in [-0.2, -0.15) is 5.10 Å². The summed E-state index contributed by atoms with van der Waals surface area (Å²) in [6, 6.07) is 10.4. The molecule has 0 aromatic heterocycles. The molecule has 0 fully saturated rings. The van der Waals surface area contributed by atoms with Crippen molar-refractivity contribution < 1.29 is 19.0 Å². The molecule has 0 saturated carbocycles. The minimum absolute atomic E-state index is 0.313. The molecule has 0 spiro atoms. The molecule has 2 aromatic carbocycles. The first-order chi connectivity index (χ1) is 11.6. The quantitative estimate of drug-likeness (QED) is 0.605. The van der Waals surface area contributed by atoms with Crippen molar-refractivity contribution in [2.24, 2.45) is 5.10 Å². The molecule has 2 rings (SSSR count). The normalized spacial score (nSPS) is 10.5. The summed E-state index contributed by atoms with van der Waals surface area (Å²) in [5.41, 5.74) is 3.62. The van der Waals surface area contributed by atoms with Crippen LogP contribution in [0.25, 0.3) is 0 Å². The molecule has 2 aromatic rings. The Morgan fingerprint density at radius 2 is 1.71 bits per heavy atom. The number of rotatable bonds is 6. The van der Waals surface area contributed by atoms with Crippen LogP contribution in [0.4, 0.5) is 0 Å². The second-order valence-corrected chi connectivity index (χ2v) is 5.57. The Labute approximate surface area is 148 Å². The van der Waals surface area contributed by atoms with E-state index >= 15 is 0 Å². The highest BCUT2D eigenvalue weighted by atomic mass is 79.9. The Kier molecular flexibility index (Phi) is 6.20. The summed E-state index contributed by atoms with van der Waals surface area (Å²) in [5.74, 6) is 1.32. The summed E-state index contributed by atoms with van der Waals surface area (Å²) in [5, 5.41) is 3.97. The average molecular weight is 393 g/mol. The fourth-order valence-corrected chi connectivity index (χ4v) is 2.41. The Morgan fingerprint density at radius 1 is 1.04 bits per heavy atom. The van der Waals surface area contributed by atoms with Crippen LogP contribution in [0.15, 0.2) is 46.0 Å². The molecule has 7 heteroatoms. The van der Waals surface area contributed by atoms with Crippen LogP contribution in [0.5, 0.6) is 17.2 Å². The van der Waals surface area contributed by atoms with Crippen LogP contribution < -0.4 is 19.6 Å². The van der Waals surface area contributed by atoms with E-state index in [4.69, 9.17) is 14.2 Å². The number of ether oxygens (including phenoxy) is 3.